The van der Waals surface area contributed by atoms with Crippen molar-refractivity contribution in [2.75, 3.05) is 5.32 Å². The fourth-order valence-electron chi connectivity index (χ4n) is 3.52. The molecule has 0 aliphatic rings. The quantitative estimate of drug-likeness (QED) is 0.309. The second kappa shape index (κ2) is 10.4. The molecule has 2 amide bonds. The van der Waals surface area contributed by atoms with Gasteiger partial charge < -0.3 is 10.6 Å². The molecule has 1 heterocycles. The third-order valence-corrected chi connectivity index (χ3v) is 6.08. The molecular weight excluding hydrogens is 589 g/mol. The van der Waals surface area contributed by atoms with E-state index < -0.39 is 35.4 Å². The summed E-state index contributed by atoms with van der Waals surface area (Å²) in [6.45, 7) is 4.46. The van der Waals surface area contributed by atoms with E-state index in [0.29, 0.717) is 17.8 Å². The van der Waals surface area contributed by atoms with Gasteiger partial charge in [-0.25, -0.2) is 9.07 Å². The highest BCUT2D eigenvalue weighted by Crippen LogP contribution is 2.53. The van der Waals surface area contributed by atoms with Crippen molar-refractivity contribution in [2.24, 2.45) is 0 Å². The molecule has 0 aliphatic heterocycles. The number of benzene rings is 2. The first kappa shape index (κ1) is 29.1. The minimum Gasteiger partial charge on any atom is -0.348 e. The van der Waals surface area contributed by atoms with E-state index >= 15 is 0 Å². The van der Waals surface area contributed by atoms with Crippen LogP contribution in [0, 0.1) is 6.92 Å². The Bertz CT molecular complexity index is 1340. The maximum atomic E-state index is 14.4. The maximum absolute atomic E-state index is 14.4. The Kier molecular flexibility index (Phi) is 7.97. The topological polar surface area (TPSA) is 76.0 Å². The van der Waals surface area contributed by atoms with Crippen molar-refractivity contribution in [3.8, 4) is 5.69 Å². The summed E-state index contributed by atoms with van der Waals surface area (Å²) in [5.74, 6) is -1.65. The smallest absolute Gasteiger partial charge is 0.348 e. The monoisotopic (exact) mass is 608 g/mol. The maximum Gasteiger partial charge on any atom is 0.435 e. The summed E-state index contributed by atoms with van der Waals surface area (Å²) in [4.78, 5) is 26.0. The van der Waals surface area contributed by atoms with Gasteiger partial charge in [0.25, 0.3) is 11.8 Å². The molecule has 0 atom stereocenters. The van der Waals surface area contributed by atoms with Crippen LogP contribution in [0.3, 0.4) is 0 Å². The number of hydrogen-bond donors (Lipinski definition) is 2. The number of nitrogens with zero attached hydrogens (tertiary/aromatic N) is 2. The summed E-state index contributed by atoms with van der Waals surface area (Å²) in [6.07, 6.45) is -12.6. The molecule has 0 radical (unpaired) electrons. The SMILES string of the molecule is Cc1cc(C(F)(C(F)(F)F)C(F)(F)F)ccc1NC(=O)c1c(C(=O)NC(C)C)nn(-c2ccccc2)c1Br. The van der Waals surface area contributed by atoms with Gasteiger partial charge in [0.1, 0.15) is 10.2 Å². The molecule has 1 aromatic heterocycles. The van der Waals surface area contributed by atoms with Gasteiger partial charge in [0.15, 0.2) is 5.69 Å². The number of carbonyl (C=O) groups excluding carboxylic acids is 2. The number of nitrogens with one attached hydrogen (secondary N) is 2. The largest absolute Gasteiger partial charge is 0.435 e. The fraction of sp³-hybridized carbons (Fsp3) is 0.292. The van der Waals surface area contributed by atoms with E-state index in [9.17, 15) is 40.3 Å². The number of para-hydroxylation sites is 1. The predicted molar refractivity (Wildman–Crippen MR) is 128 cm³/mol. The normalized spacial score (nSPS) is 12.5. The van der Waals surface area contributed by atoms with E-state index in [4.69, 9.17) is 0 Å². The molecule has 0 fully saturated rings. The second-order valence-electron chi connectivity index (χ2n) is 8.53. The minimum absolute atomic E-state index is 0.0568. The van der Waals surface area contributed by atoms with Crippen LogP contribution in [-0.4, -0.2) is 40.0 Å². The van der Waals surface area contributed by atoms with E-state index in [2.05, 4.69) is 31.7 Å². The Morgan fingerprint density at radius 1 is 0.921 bits per heavy atom. The fourth-order valence-corrected chi connectivity index (χ4v) is 4.17. The molecular formula is C24H20BrF7N4O2. The summed E-state index contributed by atoms with van der Waals surface area (Å²) in [7, 11) is 0. The Morgan fingerprint density at radius 2 is 1.50 bits per heavy atom. The number of aromatic nitrogens is 2. The molecule has 3 rings (SSSR count). The van der Waals surface area contributed by atoms with Crippen molar-refractivity contribution in [1.82, 2.24) is 15.1 Å². The molecule has 0 spiro atoms. The van der Waals surface area contributed by atoms with Gasteiger partial charge in [-0.2, -0.15) is 31.4 Å². The minimum atomic E-state index is -6.28. The lowest BCUT2D eigenvalue weighted by molar-refractivity contribution is -0.348. The Balaban J connectivity index is 2.05. The van der Waals surface area contributed by atoms with Crippen molar-refractivity contribution in [1.29, 1.82) is 0 Å². The van der Waals surface area contributed by atoms with Gasteiger partial charge in [0.05, 0.1) is 5.69 Å². The highest BCUT2D eigenvalue weighted by Gasteiger charge is 2.73. The van der Waals surface area contributed by atoms with Crippen LogP contribution in [0.25, 0.3) is 5.69 Å². The Morgan fingerprint density at radius 3 is 2.00 bits per heavy atom. The van der Waals surface area contributed by atoms with E-state index in [1.165, 1.54) is 4.68 Å². The average Bonchev–Trinajstić information content (AvgIpc) is 3.15. The van der Waals surface area contributed by atoms with Crippen LogP contribution in [-0.2, 0) is 5.67 Å². The van der Waals surface area contributed by atoms with E-state index in [0.717, 1.165) is 13.0 Å². The molecule has 2 N–H and O–H groups in total. The lowest BCUT2D eigenvalue weighted by Crippen LogP contribution is -2.50. The standard InChI is InChI=1S/C24H20BrF7N4O2/c1-12(2)33-21(38)18-17(19(25)36(35-18)15-7-5-4-6-8-15)20(37)34-16-10-9-14(11-13(16)3)22(26,23(27,28)29)24(30,31)32/h4-12H,1-3H3,(H,33,38)(H,34,37). The van der Waals surface area contributed by atoms with E-state index in [1.807, 2.05) is 0 Å². The summed E-state index contributed by atoms with van der Waals surface area (Å²) >= 11 is 3.25. The first-order chi connectivity index (χ1) is 17.5. The number of anilines is 1. The van der Waals surface area contributed by atoms with Crippen LogP contribution >= 0.6 is 15.9 Å². The van der Waals surface area contributed by atoms with Gasteiger partial charge in [-0.3, -0.25) is 9.59 Å². The third kappa shape index (κ3) is 5.40. The van der Waals surface area contributed by atoms with Gasteiger partial charge in [0, 0.05) is 17.3 Å². The first-order valence-corrected chi connectivity index (χ1v) is 11.7. The number of carbonyl (C=O) groups is 2. The van der Waals surface area contributed by atoms with Crippen LogP contribution in [0.2, 0.25) is 0 Å². The molecule has 3 aromatic rings. The first-order valence-electron chi connectivity index (χ1n) is 10.9. The lowest BCUT2D eigenvalue weighted by atomic mass is 9.92. The molecule has 38 heavy (non-hydrogen) atoms. The van der Waals surface area contributed by atoms with Gasteiger partial charge in [-0.05, 0) is 60.5 Å². The zero-order valence-electron chi connectivity index (χ0n) is 19.9. The number of amides is 2. The number of alkyl halides is 7. The van der Waals surface area contributed by atoms with Crippen molar-refractivity contribution < 1.29 is 40.3 Å². The summed E-state index contributed by atoms with van der Waals surface area (Å²) in [5.41, 5.74) is -7.86. The average molecular weight is 609 g/mol. The molecule has 6 nitrogen and oxygen atoms in total. The molecule has 2 aromatic carbocycles. The second-order valence-corrected chi connectivity index (χ2v) is 9.28. The van der Waals surface area contributed by atoms with Gasteiger partial charge in [-0.15, -0.1) is 0 Å². The van der Waals surface area contributed by atoms with E-state index in [1.54, 1.807) is 44.2 Å². The Hall–Kier alpha value is -3.42. The van der Waals surface area contributed by atoms with Crippen molar-refractivity contribution in [3.63, 3.8) is 0 Å². The molecule has 0 bridgehead atoms. The van der Waals surface area contributed by atoms with Crippen LogP contribution in [0.5, 0.6) is 0 Å². The number of aryl methyl sites for hydroxylation is 1. The van der Waals surface area contributed by atoms with Crippen LogP contribution in [0.4, 0.5) is 36.4 Å². The molecule has 14 heteroatoms. The van der Waals surface area contributed by atoms with Crippen LogP contribution in [0.15, 0.2) is 53.1 Å². The lowest BCUT2D eigenvalue weighted by Gasteiger charge is -2.30. The van der Waals surface area contributed by atoms with Crippen LogP contribution in [0.1, 0.15) is 45.8 Å². The molecule has 0 saturated carbocycles. The zero-order chi connectivity index (χ0) is 28.6. The highest BCUT2D eigenvalue weighted by molar-refractivity contribution is 9.10. The molecule has 204 valence electrons. The van der Waals surface area contributed by atoms with Crippen LogP contribution < -0.4 is 10.6 Å². The Labute approximate surface area is 220 Å². The number of rotatable bonds is 6. The van der Waals surface area contributed by atoms with Gasteiger partial charge >= 0.3 is 18.0 Å². The van der Waals surface area contributed by atoms with Crippen molar-refractivity contribution in [2.45, 2.75) is 44.8 Å². The summed E-state index contributed by atoms with van der Waals surface area (Å²) in [6, 6.07) is 9.45. The number of halogens is 8. The molecule has 0 unspecified atom stereocenters. The number of hydrogen-bond acceptors (Lipinski definition) is 3. The summed E-state index contributed by atoms with van der Waals surface area (Å²) < 4.78 is 94.5. The highest BCUT2D eigenvalue weighted by atomic mass is 79.9. The molecule has 0 aliphatic carbocycles. The van der Waals surface area contributed by atoms with Crippen molar-refractivity contribution >= 4 is 33.4 Å². The third-order valence-electron chi connectivity index (χ3n) is 5.35. The predicted octanol–water partition coefficient (Wildman–Crippen LogP) is 6.62. The summed E-state index contributed by atoms with van der Waals surface area (Å²) in [5, 5.41) is 9.17. The van der Waals surface area contributed by atoms with Gasteiger partial charge in [-0.1, -0.05) is 30.3 Å². The van der Waals surface area contributed by atoms with E-state index in [-0.39, 0.29) is 33.2 Å². The zero-order valence-corrected chi connectivity index (χ0v) is 21.5. The van der Waals surface area contributed by atoms with Gasteiger partial charge in [0.2, 0.25) is 0 Å². The molecule has 0 saturated heterocycles. The van der Waals surface area contributed by atoms with Crippen molar-refractivity contribution in [3.05, 3.63) is 75.5 Å².